The lowest BCUT2D eigenvalue weighted by Crippen LogP contribution is -2.39. The summed E-state index contributed by atoms with van der Waals surface area (Å²) in [6.45, 7) is 6.90. The Balaban J connectivity index is 1.63. The average molecular weight is 264 g/mol. The van der Waals surface area contributed by atoms with E-state index in [-0.39, 0.29) is 5.82 Å². The third-order valence-corrected chi connectivity index (χ3v) is 3.82. The Morgan fingerprint density at radius 1 is 1.16 bits per heavy atom. The number of halogens is 1. The minimum absolute atomic E-state index is 0.158. The molecule has 1 aliphatic rings. The highest BCUT2D eigenvalue weighted by Crippen LogP contribution is 2.08. The van der Waals surface area contributed by atoms with E-state index in [0.29, 0.717) is 6.04 Å². The van der Waals surface area contributed by atoms with E-state index in [2.05, 4.69) is 17.1 Å². The molecule has 1 aliphatic heterocycles. The Hall–Kier alpha value is -0.930. The molecule has 1 fully saturated rings. The van der Waals surface area contributed by atoms with Gasteiger partial charge >= 0.3 is 0 Å². The van der Waals surface area contributed by atoms with Gasteiger partial charge in [-0.2, -0.15) is 0 Å². The van der Waals surface area contributed by atoms with E-state index < -0.39 is 0 Å². The molecular weight excluding hydrogens is 239 g/mol. The molecule has 0 bridgehead atoms. The minimum Gasteiger partial charge on any atom is -0.313 e. The Morgan fingerprint density at radius 3 is 2.53 bits per heavy atom. The summed E-state index contributed by atoms with van der Waals surface area (Å²) in [7, 11) is 0. The van der Waals surface area contributed by atoms with E-state index in [4.69, 9.17) is 0 Å². The van der Waals surface area contributed by atoms with Crippen molar-refractivity contribution in [1.29, 1.82) is 0 Å². The van der Waals surface area contributed by atoms with Crippen LogP contribution in [0.1, 0.15) is 31.7 Å². The Bertz CT molecular complexity index is 358. The number of nitrogens with zero attached hydrogens (tertiary/aromatic N) is 1. The van der Waals surface area contributed by atoms with Gasteiger partial charge < -0.3 is 10.2 Å². The number of hydrogen-bond donors (Lipinski definition) is 1. The maximum absolute atomic E-state index is 12.8. The smallest absolute Gasteiger partial charge is 0.123 e. The van der Waals surface area contributed by atoms with Crippen LogP contribution in [0, 0.1) is 5.82 Å². The van der Waals surface area contributed by atoms with Crippen molar-refractivity contribution in [2.24, 2.45) is 0 Å². The molecule has 3 heteroatoms. The average Bonchev–Trinajstić information content (AvgIpc) is 2.43. The lowest BCUT2D eigenvalue weighted by Gasteiger charge is -2.27. The highest BCUT2D eigenvalue weighted by Gasteiger charge is 2.10. The molecule has 1 saturated heterocycles. The van der Waals surface area contributed by atoms with Gasteiger partial charge in [-0.25, -0.2) is 4.39 Å². The second-order valence-electron chi connectivity index (χ2n) is 5.59. The SMILES string of the molecule is CC(Cc1ccc(F)cc1)NCCN1CCCCC1. The third kappa shape index (κ3) is 5.29. The summed E-state index contributed by atoms with van der Waals surface area (Å²) in [5, 5.41) is 3.56. The number of piperidine rings is 1. The molecule has 19 heavy (non-hydrogen) atoms. The summed E-state index contributed by atoms with van der Waals surface area (Å²) in [6, 6.07) is 7.26. The molecule has 1 N–H and O–H groups in total. The second kappa shape index (κ2) is 7.61. The maximum atomic E-state index is 12.8. The molecular formula is C16H25FN2. The first-order chi connectivity index (χ1) is 9.24. The fourth-order valence-corrected chi connectivity index (χ4v) is 2.70. The quantitative estimate of drug-likeness (QED) is 0.850. The molecule has 0 spiro atoms. The van der Waals surface area contributed by atoms with Crippen LogP contribution in [0.25, 0.3) is 0 Å². The van der Waals surface area contributed by atoms with Crippen LogP contribution in [0.4, 0.5) is 4.39 Å². The molecule has 1 aromatic carbocycles. The summed E-state index contributed by atoms with van der Waals surface area (Å²) in [4.78, 5) is 2.54. The predicted octanol–water partition coefficient (Wildman–Crippen LogP) is 2.83. The van der Waals surface area contributed by atoms with E-state index >= 15 is 0 Å². The number of hydrogen-bond acceptors (Lipinski definition) is 2. The first-order valence-electron chi connectivity index (χ1n) is 7.44. The van der Waals surface area contributed by atoms with E-state index in [0.717, 1.165) is 19.5 Å². The number of benzene rings is 1. The molecule has 1 heterocycles. The molecule has 1 aromatic rings. The van der Waals surface area contributed by atoms with Gasteiger partial charge in [0.25, 0.3) is 0 Å². The van der Waals surface area contributed by atoms with Crippen LogP contribution in [0.2, 0.25) is 0 Å². The van der Waals surface area contributed by atoms with E-state index in [9.17, 15) is 4.39 Å². The van der Waals surface area contributed by atoms with Gasteiger partial charge in [0.05, 0.1) is 0 Å². The fraction of sp³-hybridized carbons (Fsp3) is 0.625. The molecule has 106 valence electrons. The van der Waals surface area contributed by atoms with Crippen molar-refractivity contribution in [1.82, 2.24) is 10.2 Å². The first kappa shape index (κ1) is 14.5. The Kier molecular flexibility index (Phi) is 5.80. The predicted molar refractivity (Wildman–Crippen MR) is 77.9 cm³/mol. The van der Waals surface area contributed by atoms with Crippen molar-refractivity contribution >= 4 is 0 Å². The topological polar surface area (TPSA) is 15.3 Å². The summed E-state index contributed by atoms with van der Waals surface area (Å²) < 4.78 is 12.8. The van der Waals surface area contributed by atoms with Gasteiger partial charge in [-0.1, -0.05) is 18.6 Å². The lowest BCUT2D eigenvalue weighted by atomic mass is 10.1. The zero-order valence-electron chi connectivity index (χ0n) is 11.9. The Morgan fingerprint density at radius 2 is 1.84 bits per heavy atom. The second-order valence-corrected chi connectivity index (χ2v) is 5.59. The van der Waals surface area contributed by atoms with Gasteiger partial charge in [0, 0.05) is 19.1 Å². The summed E-state index contributed by atoms with van der Waals surface area (Å²) in [6.07, 6.45) is 5.06. The zero-order valence-corrected chi connectivity index (χ0v) is 11.9. The normalized spacial score (nSPS) is 18.4. The van der Waals surface area contributed by atoms with Gasteiger partial charge in [0.2, 0.25) is 0 Å². The van der Waals surface area contributed by atoms with Crippen LogP contribution >= 0.6 is 0 Å². The number of nitrogens with one attached hydrogen (secondary N) is 1. The molecule has 2 rings (SSSR count). The zero-order chi connectivity index (χ0) is 13.5. The molecule has 0 aromatic heterocycles. The summed E-state index contributed by atoms with van der Waals surface area (Å²) in [5.74, 6) is -0.158. The largest absolute Gasteiger partial charge is 0.313 e. The van der Waals surface area contributed by atoms with Gasteiger partial charge in [-0.3, -0.25) is 0 Å². The van der Waals surface area contributed by atoms with Crippen LogP contribution < -0.4 is 5.32 Å². The number of rotatable bonds is 6. The maximum Gasteiger partial charge on any atom is 0.123 e. The van der Waals surface area contributed by atoms with Crippen molar-refractivity contribution in [2.75, 3.05) is 26.2 Å². The van der Waals surface area contributed by atoms with Crippen molar-refractivity contribution in [3.05, 3.63) is 35.6 Å². The monoisotopic (exact) mass is 264 g/mol. The van der Waals surface area contributed by atoms with Crippen LogP contribution in [-0.2, 0) is 6.42 Å². The van der Waals surface area contributed by atoms with E-state index in [1.54, 1.807) is 0 Å². The van der Waals surface area contributed by atoms with Gasteiger partial charge in [-0.05, 0) is 57.0 Å². The van der Waals surface area contributed by atoms with Crippen LogP contribution in [0.15, 0.2) is 24.3 Å². The lowest BCUT2D eigenvalue weighted by molar-refractivity contribution is 0.226. The van der Waals surface area contributed by atoms with Crippen molar-refractivity contribution in [2.45, 2.75) is 38.6 Å². The summed E-state index contributed by atoms with van der Waals surface area (Å²) in [5.41, 5.74) is 1.19. The molecule has 0 saturated carbocycles. The van der Waals surface area contributed by atoms with Crippen LogP contribution in [0.5, 0.6) is 0 Å². The third-order valence-electron chi connectivity index (χ3n) is 3.82. The molecule has 2 nitrogen and oxygen atoms in total. The van der Waals surface area contributed by atoms with Crippen molar-refractivity contribution in [3.8, 4) is 0 Å². The van der Waals surface area contributed by atoms with Crippen molar-refractivity contribution < 1.29 is 4.39 Å². The Labute approximate surface area is 116 Å². The highest BCUT2D eigenvalue weighted by atomic mass is 19.1. The molecule has 0 aliphatic carbocycles. The first-order valence-corrected chi connectivity index (χ1v) is 7.44. The molecule has 1 atom stereocenters. The fourth-order valence-electron chi connectivity index (χ4n) is 2.70. The number of likely N-dealkylation sites (tertiary alicyclic amines) is 1. The molecule has 0 radical (unpaired) electrons. The van der Waals surface area contributed by atoms with Gasteiger partial charge in [0.1, 0.15) is 5.82 Å². The minimum atomic E-state index is -0.158. The van der Waals surface area contributed by atoms with Gasteiger partial charge in [-0.15, -0.1) is 0 Å². The van der Waals surface area contributed by atoms with Crippen molar-refractivity contribution in [3.63, 3.8) is 0 Å². The highest BCUT2D eigenvalue weighted by molar-refractivity contribution is 5.16. The van der Waals surface area contributed by atoms with Gasteiger partial charge in [0.15, 0.2) is 0 Å². The standard InChI is InChI=1S/C16H25FN2/c1-14(13-15-5-7-16(17)8-6-15)18-9-12-19-10-3-2-4-11-19/h5-8,14,18H,2-4,9-13H2,1H3. The summed E-state index contributed by atoms with van der Waals surface area (Å²) >= 11 is 0. The van der Waals surface area contributed by atoms with E-state index in [1.165, 1.54) is 50.0 Å². The molecule has 0 amide bonds. The van der Waals surface area contributed by atoms with Crippen LogP contribution in [0.3, 0.4) is 0 Å². The van der Waals surface area contributed by atoms with Crippen LogP contribution in [-0.4, -0.2) is 37.1 Å². The molecule has 1 unspecified atom stereocenters. The van der Waals surface area contributed by atoms with E-state index in [1.807, 2.05) is 12.1 Å².